The van der Waals surface area contributed by atoms with Crippen molar-refractivity contribution in [1.82, 2.24) is 5.32 Å². The lowest BCUT2D eigenvalue weighted by molar-refractivity contribution is -0.169. The summed E-state index contributed by atoms with van der Waals surface area (Å²) >= 11 is 0. The number of esters is 1. The molecule has 0 aromatic rings. The molecule has 3 nitrogen and oxygen atoms in total. The van der Waals surface area contributed by atoms with Crippen molar-refractivity contribution in [2.75, 3.05) is 20.2 Å². The van der Waals surface area contributed by atoms with Crippen molar-refractivity contribution in [3.63, 3.8) is 0 Å². The topological polar surface area (TPSA) is 38.3 Å². The van der Waals surface area contributed by atoms with E-state index in [-0.39, 0.29) is 11.4 Å². The average Bonchev–Trinajstić information content (AvgIpc) is 2.16. The van der Waals surface area contributed by atoms with Gasteiger partial charge in [0.15, 0.2) is 0 Å². The molecule has 0 atom stereocenters. The van der Waals surface area contributed by atoms with Gasteiger partial charge in [-0.25, -0.2) is 0 Å². The van der Waals surface area contributed by atoms with E-state index in [9.17, 15) is 4.79 Å². The van der Waals surface area contributed by atoms with E-state index in [2.05, 4.69) is 5.32 Å². The van der Waals surface area contributed by atoms with E-state index >= 15 is 0 Å². The van der Waals surface area contributed by atoms with E-state index in [4.69, 9.17) is 4.74 Å². The third-order valence-corrected chi connectivity index (χ3v) is 3.87. The summed E-state index contributed by atoms with van der Waals surface area (Å²) in [4.78, 5) is 11.5. The van der Waals surface area contributed by atoms with Crippen molar-refractivity contribution in [3.05, 3.63) is 0 Å². The zero-order valence-electron chi connectivity index (χ0n) is 9.06. The number of ether oxygens (including phenoxy) is 1. The number of carbonyl (C=O) groups is 1. The van der Waals surface area contributed by atoms with Gasteiger partial charge in [-0.1, -0.05) is 0 Å². The van der Waals surface area contributed by atoms with Crippen molar-refractivity contribution < 1.29 is 9.53 Å². The molecular formula is C11H19NO2. The predicted octanol–water partition coefficient (Wildman–Crippen LogP) is 1.33. The van der Waals surface area contributed by atoms with Gasteiger partial charge in [0.25, 0.3) is 0 Å². The van der Waals surface area contributed by atoms with Crippen molar-refractivity contribution in [1.29, 1.82) is 0 Å². The highest BCUT2D eigenvalue weighted by atomic mass is 16.5. The molecule has 1 aliphatic carbocycles. The van der Waals surface area contributed by atoms with Gasteiger partial charge in [0.05, 0.1) is 12.5 Å². The van der Waals surface area contributed by atoms with Crippen LogP contribution in [-0.4, -0.2) is 26.2 Å². The summed E-state index contributed by atoms with van der Waals surface area (Å²) < 4.78 is 4.84. The quantitative estimate of drug-likeness (QED) is 0.644. The van der Waals surface area contributed by atoms with Crippen LogP contribution < -0.4 is 5.32 Å². The molecule has 3 heteroatoms. The largest absolute Gasteiger partial charge is 0.469 e. The molecule has 1 heterocycles. The Labute approximate surface area is 85.2 Å². The molecule has 2 aliphatic rings. The highest BCUT2D eigenvalue weighted by Crippen LogP contribution is 2.59. The second kappa shape index (κ2) is 3.23. The SMILES string of the molecule is COC(=O)C1(C)CC2(CCNCC2)C1. The number of hydrogen-bond donors (Lipinski definition) is 1. The Balaban J connectivity index is 1.96. The fourth-order valence-electron chi connectivity index (χ4n) is 3.30. The van der Waals surface area contributed by atoms with Crippen molar-refractivity contribution in [2.24, 2.45) is 10.8 Å². The smallest absolute Gasteiger partial charge is 0.311 e. The van der Waals surface area contributed by atoms with Gasteiger partial charge < -0.3 is 10.1 Å². The fourth-order valence-corrected chi connectivity index (χ4v) is 3.30. The molecular weight excluding hydrogens is 178 g/mol. The Bertz CT molecular complexity index is 236. The third kappa shape index (κ3) is 1.44. The summed E-state index contributed by atoms with van der Waals surface area (Å²) in [6, 6.07) is 0. The molecule has 1 saturated heterocycles. The number of nitrogens with one attached hydrogen (secondary N) is 1. The highest BCUT2D eigenvalue weighted by Gasteiger charge is 2.56. The maximum atomic E-state index is 11.5. The van der Waals surface area contributed by atoms with Gasteiger partial charge >= 0.3 is 5.97 Å². The molecule has 0 aromatic carbocycles. The van der Waals surface area contributed by atoms with E-state index in [1.54, 1.807) is 0 Å². The molecule has 2 rings (SSSR count). The number of piperidine rings is 1. The molecule has 1 aliphatic heterocycles. The fraction of sp³-hybridized carbons (Fsp3) is 0.909. The second-order valence-corrected chi connectivity index (χ2v) is 5.16. The molecule has 0 unspecified atom stereocenters. The van der Waals surface area contributed by atoms with Crippen LogP contribution in [0.2, 0.25) is 0 Å². The van der Waals surface area contributed by atoms with Gasteiger partial charge in [0, 0.05) is 0 Å². The summed E-state index contributed by atoms with van der Waals surface area (Å²) in [6.07, 6.45) is 4.49. The van der Waals surface area contributed by atoms with Crippen LogP contribution in [0.25, 0.3) is 0 Å². The Kier molecular flexibility index (Phi) is 2.30. The van der Waals surface area contributed by atoms with Crippen LogP contribution in [-0.2, 0) is 9.53 Å². The Hall–Kier alpha value is -0.570. The highest BCUT2D eigenvalue weighted by molar-refractivity contribution is 5.77. The minimum atomic E-state index is -0.188. The molecule has 1 N–H and O–H groups in total. The zero-order valence-corrected chi connectivity index (χ0v) is 9.06. The lowest BCUT2D eigenvalue weighted by atomic mass is 9.50. The molecule has 1 spiro atoms. The standard InChI is InChI=1S/C11H19NO2/c1-10(9(13)14-2)7-11(8-10)3-5-12-6-4-11/h12H,3-8H2,1-2H3. The van der Waals surface area contributed by atoms with Gasteiger partial charge in [-0.3, -0.25) is 4.79 Å². The molecule has 14 heavy (non-hydrogen) atoms. The Morgan fingerprint density at radius 1 is 1.29 bits per heavy atom. The minimum absolute atomic E-state index is 0.0262. The maximum absolute atomic E-state index is 11.5. The molecule has 0 amide bonds. The first-order valence-electron chi connectivity index (χ1n) is 5.39. The van der Waals surface area contributed by atoms with Gasteiger partial charge in [0.2, 0.25) is 0 Å². The Morgan fingerprint density at radius 2 is 1.86 bits per heavy atom. The summed E-state index contributed by atoms with van der Waals surface area (Å²) in [5.41, 5.74) is 0.264. The molecule has 0 radical (unpaired) electrons. The van der Waals surface area contributed by atoms with Gasteiger partial charge in [-0.05, 0) is 51.1 Å². The summed E-state index contributed by atoms with van der Waals surface area (Å²) in [5.74, 6) is -0.0262. The van der Waals surface area contributed by atoms with Crippen LogP contribution in [0.5, 0.6) is 0 Å². The number of rotatable bonds is 1. The third-order valence-electron chi connectivity index (χ3n) is 3.87. The van der Waals surface area contributed by atoms with Crippen LogP contribution in [0.15, 0.2) is 0 Å². The minimum Gasteiger partial charge on any atom is -0.469 e. The van der Waals surface area contributed by atoms with Gasteiger partial charge in [-0.15, -0.1) is 0 Å². The first-order valence-corrected chi connectivity index (χ1v) is 5.39. The van der Waals surface area contributed by atoms with E-state index in [0.29, 0.717) is 5.41 Å². The zero-order chi connectivity index (χ0) is 10.2. The average molecular weight is 197 g/mol. The molecule has 0 aromatic heterocycles. The first-order chi connectivity index (χ1) is 6.60. The van der Waals surface area contributed by atoms with E-state index in [0.717, 1.165) is 25.9 Å². The molecule has 0 bridgehead atoms. The van der Waals surface area contributed by atoms with Crippen LogP contribution in [0.1, 0.15) is 32.6 Å². The lowest BCUT2D eigenvalue weighted by Gasteiger charge is -2.55. The lowest BCUT2D eigenvalue weighted by Crippen LogP contribution is -2.53. The van der Waals surface area contributed by atoms with E-state index in [1.165, 1.54) is 20.0 Å². The molecule has 80 valence electrons. The number of hydrogen-bond acceptors (Lipinski definition) is 3. The second-order valence-electron chi connectivity index (χ2n) is 5.16. The van der Waals surface area contributed by atoms with Crippen molar-refractivity contribution in [2.45, 2.75) is 32.6 Å². The summed E-state index contributed by atoms with van der Waals surface area (Å²) in [5, 5.41) is 3.36. The molecule has 1 saturated carbocycles. The van der Waals surface area contributed by atoms with Gasteiger partial charge in [-0.2, -0.15) is 0 Å². The normalized spacial score (nSPS) is 28.1. The van der Waals surface area contributed by atoms with Gasteiger partial charge in [0.1, 0.15) is 0 Å². The van der Waals surface area contributed by atoms with Crippen LogP contribution >= 0.6 is 0 Å². The number of methoxy groups -OCH3 is 1. The predicted molar refractivity (Wildman–Crippen MR) is 53.9 cm³/mol. The van der Waals surface area contributed by atoms with Crippen LogP contribution in [0, 0.1) is 10.8 Å². The monoisotopic (exact) mass is 197 g/mol. The van der Waals surface area contributed by atoms with Crippen molar-refractivity contribution >= 4 is 5.97 Å². The van der Waals surface area contributed by atoms with Crippen LogP contribution in [0.4, 0.5) is 0 Å². The maximum Gasteiger partial charge on any atom is 0.311 e. The number of carbonyl (C=O) groups excluding carboxylic acids is 1. The van der Waals surface area contributed by atoms with Crippen molar-refractivity contribution in [3.8, 4) is 0 Å². The summed E-state index contributed by atoms with van der Waals surface area (Å²) in [7, 11) is 1.49. The van der Waals surface area contributed by atoms with Crippen LogP contribution in [0.3, 0.4) is 0 Å². The van der Waals surface area contributed by atoms with E-state index < -0.39 is 0 Å². The first kappa shape index (κ1) is 9.97. The summed E-state index contributed by atoms with van der Waals surface area (Å²) in [6.45, 7) is 4.25. The Morgan fingerprint density at radius 3 is 2.36 bits per heavy atom. The molecule has 2 fully saturated rings. The van der Waals surface area contributed by atoms with E-state index in [1.807, 2.05) is 6.92 Å².